The second-order valence-electron chi connectivity index (χ2n) is 9.38. The first-order valence-corrected chi connectivity index (χ1v) is 12.9. The van der Waals surface area contributed by atoms with Crippen LogP contribution in [0.3, 0.4) is 0 Å². The molecule has 1 unspecified atom stereocenters. The lowest BCUT2D eigenvalue weighted by Gasteiger charge is -2.24. The number of aromatic hydroxyl groups is 1. The molecule has 188 valence electrons. The van der Waals surface area contributed by atoms with Crippen LogP contribution in [0.15, 0.2) is 103 Å². The van der Waals surface area contributed by atoms with E-state index < -0.39 is 0 Å². The fourth-order valence-electron chi connectivity index (χ4n) is 4.73. The molecule has 4 aromatic rings. The highest BCUT2D eigenvalue weighted by atomic mass is 16.5. The van der Waals surface area contributed by atoms with Crippen molar-refractivity contribution in [2.24, 2.45) is 0 Å². The second kappa shape index (κ2) is 11.8. The van der Waals surface area contributed by atoms with E-state index in [4.69, 9.17) is 4.74 Å². The van der Waals surface area contributed by atoms with Crippen LogP contribution < -0.4 is 15.0 Å². The molecule has 1 atom stereocenters. The van der Waals surface area contributed by atoms with E-state index >= 15 is 0 Å². The van der Waals surface area contributed by atoms with Gasteiger partial charge in [-0.05, 0) is 97.6 Å². The summed E-state index contributed by atoms with van der Waals surface area (Å²) in [6.45, 7) is 1.74. The Bertz CT molecular complexity index is 1280. The third-order valence-electron chi connectivity index (χ3n) is 6.79. The van der Waals surface area contributed by atoms with Gasteiger partial charge in [-0.1, -0.05) is 48.9 Å². The van der Waals surface area contributed by atoms with E-state index in [1.807, 2.05) is 66.7 Å². The van der Waals surface area contributed by atoms with Gasteiger partial charge in [-0.15, -0.1) is 0 Å². The number of nitrogens with zero attached hydrogens (tertiary/aromatic N) is 1. The summed E-state index contributed by atoms with van der Waals surface area (Å²) in [5.74, 6) is 0.757. The van der Waals surface area contributed by atoms with Crippen LogP contribution >= 0.6 is 0 Å². The zero-order valence-corrected chi connectivity index (χ0v) is 20.8. The molecule has 37 heavy (non-hydrogen) atoms. The monoisotopic (exact) mass is 492 g/mol. The fraction of sp³-hybridized carbons (Fsp3) is 0.219. The first kappa shape index (κ1) is 24.6. The molecule has 0 saturated carbocycles. The van der Waals surface area contributed by atoms with Gasteiger partial charge in [-0.25, -0.2) is 0 Å². The van der Waals surface area contributed by atoms with Crippen molar-refractivity contribution in [2.75, 3.05) is 18.1 Å². The number of piperidine rings is 1. The number of carbonyl (C=O) groups excluding carboxylic acids is 1. The molecule has 1 heterocycles. The zero-order valence-electron chi connectivity index (χ0n) is 20.8. The summed E-state index contributed by atoms with van der Waals surface area (Å²) in [4.78, 5) is 15.4. The van der Waals surface area contributed by atoms with Crippen molar-refractivity contribution in [3.63, 3.8) is 0 Å². The smallest absolute Gasteiger partial charge is 0.262 e. The number of nitrogens with one attached hydrogen (secondary N) is 1. The Kier molecular flexibility index (Phi) is 7.82. The fourth-order valence-corrected chi connectivity index (χ4v) is 4.73. The largest absolute Gasteiger partial charge is 0.508 e. The number of benzene rings is 4. The Morgan fingerprint density at radius 3 is 2.11 bits per heavy atom. The summed E-state index contributed by atoms with van der Waals surface area (Å²) >= 11 is 0. The number of anilines is 2. The Balaban J connectivity index is 1.33. The predicted molar refractivity (Wildman–Crippen MR) is 149 cm³/mol. The van der Waals surface area contributed by atoms with Crippen LogP contribution in [0.25, 0.3) is 11.1 Å². The average molecular weight is 493 g/mol. The highest BCUT2D eigenvalue weighted by molar-refractivity contribution is 6.11. The highest BCUT2D eigenvalue weighted by Gasteiger charge is 2.20. The van der Waals surface area contributed by atoms with Crippen molar-refractivity contribution in [3.8, 4) is 22.6 Å². The maximum atomic E-state index is 13.7. The zero-order chi connectivity index (χ0) is 25.5. The van der Waals surface area contributed by atoms with Gasteiger partial charge in [-0.2, -0.15) is 0 Å². The lowest BCUT2D eigenvalue weighted by Crippen LogP contribution is -2.35. The topological polar surface area (TPSA) is 61.8 Å². The van der Waals surface area contributed by atoms with Crippen molar-refractivity contribution in [2.45, 2.75) is 31.7 Å². The van der Waals surface area contributed by atoms with E-state index in [0.717, 1.165) is 35.5 Å². The number of hydrogen-bond acceptors (Lipinski definition) is 4. The van der Waals surface area contributed by atoms with Gasteiger partial charge < -0.3 is 15.2 Å². The molecule has 0 aliphatic carbocycles. The SMILES string of the molecule is O=C(c1ccc(OCCC2CCCCN2)cc1)N(c1ccc(O)cc1)c1ccc(-c2ccccc2)cc1. The molecule has 5 nitrogen and oxygen atoms in total. The molecule has 1 fully saturated rings. The molecule has 0 spiro atoms. The maximum absolute atomic E-state index is 13.7. The molecule has 0 aromatic heterocycles. The van der Waals surface area contributed by atoms with Gasteiger partial charge in [0.15, 0.2) is 0 Å². The number of phenolic OH excluding ortho intramolecular Hbond substituents is 1. The summed E-state index contributed by atoms with van der Waals surface area (Å²) in [5.41, 5.74) is 4.17. The third kappa shape index (κ3) is 6.19. The number of ether oxygens (including phenoxy) is 1. The lowest BCUT2D eigenvalue weighted by atomic mass is 10.0. The number of rotatable bonds is 8. The van der Waals surface area contributed by atoms with Crippen molar-refractivity contribution in [1.82, 2.24) is 5.32 Å². The normalized spacial score (nSPS) is 15.2. The summed E-state index contributed by atoms with van der Waals surface area (Å²) in [5, 5.41) is 13.3. The van der Waals surface area contributed by atoms with E-state index in [2.05, 4.69) is 17.4 Å². The first-order valence-electron chi connectivity index (χ1n) is 12.9. The molecular weight excluding hydrogens is 460 g/mol. The summed E-state index contributed by atoms with van der Waals surface area (Å²) in [7, 11) is 0. The van der Waals surface area contributed by atoms with Crippen LogP contribution in [0.4, 0.5) is 11.4 Å². The molecule has 4 aromatic carbocycles. The number of hydrogen-bond donors (Lipinski definition) is 2. The molecule has 0 bridgehead atoms. The molecule has 1 saturated heterocycles. The molecular formula is C32H32N2O3. The molecule has 0 radical (unpaired) electrons. The van der Waals surface area contributed by atoms with Gasteiger partial charge >= 0.3 is 0 Å². The second-order valence-corrected chi connectivity index (χ2v) is 9.38. The number of amides is 1. The van der Waals surface area contributed by atoms with Gasteiger partial charge in [0.1, 0.15) is 11.5 Å². The van der Waals surface area contributed by atoms with E-state index in [0.29, 0.717) is 23.9 Å². The average Bonchev–Trinajstić information content (AvgIpc) is 2.96. The summed E-state index contributed by atoms with van der Waals surface area (Å²) in [6.07, 6.45) is 4.72. The predicted octanol–water partition coefficient (Wildman–Crippen LogP) is 6.95. The molecule has 1 aliphatic rings. The van der Waals surface area contributed by atoms with E-state index in [1.54, 1.807) is 29.2 Å². The Labute approximate surface area is 218 Å². The maximum Gasteiger partial charge on any atom is 0.262 e. The van der Waals surface area contributed by atoms with Gasteiger partial charge in [-0.3, -0.25) is 9.69 Å². The molecule has 2 N–H and O–H groups in total. The van der Waals surface area contributed by atoms with Crippen molar-refractivity contribution < 1.29 is 14.6 Å². The van der Waals surface area contributed by atoms with Crippen LogP contribution in [0.2, 0.25) is 0 Å². The third-order valence-corrected chi connectivity index (χ3v) is 6.79. The minimum Gasteiger partial charge on any atom is -0.508 e. The van der Waals surface area contributed by atoms with E-state index in [1.165, 1.54) is 19.3 Å². The Morgan fingerprint density at radius 1 is 0.811 bits per heavy atom. The van der Waals surface area contributed by atoms with Gasteiger partial charge in [0, 0.05) is 23.0 Å². The van der Waals surface area contributed by atoms with Gasteiger partial charge in [0.2, 0.25) is 0 Å². The molecule has 1 aliphatic heterocycles. The number of phenols is 1. The lowest BCUT2D eigenvalue weighted by molar-refractivity contribution is 0.0999. The molecule has 5 rings (SSSR count). The summed E-state index contributed by atoms with van der Waals surface area (Å²) < 4.78 is 5.95. The summed E-state index contributed by atoms with van der Waals surface area (Å²) in [6, 6.07) is 32.6. The van der Waals surface area contributed by atoms with Crippen LogP contribution in [-0.2, 0) is 0 Å². The first-order chi connectivity index (χ1) is 18.2. The Morgan fingerprint density at radius 2 is 1.46 bits per heavy atom. The van der Waals surface area contributed by atoms with Crippen molar-refractivity contribution in [1.29, 1.82) is 0 Å². The van der Waals surface area contributed by atoms with Crippen molar-refractivity contribution in [3.05, 3.63) is 109 Å². The van der Waals surface area contributed by atoms with E-state index in [9.17, 15) is 9.90 Å². The van der Waals surface area contributed by atoms with Gasteiger partial charge in [0.25, 0.3) is 5.91 Å². The molecule has 5 heteroatoms. The highest BCUT2D eigenvalue weighted by Crippen LogP contribution is 2.31. The number of carbonyl (C=O) groups is 1. The van der Waals surface area contributed by atoms with Crippen molar-refractivity contribution >= 4 is 17.3 Å². The van der Waals surface area contributed by atoms with Crippen LogP contribution in [0, 0.1) is 0 Å². The van der Waals surface area contributed by atoms with E-state index in [-0.39, 0.29) is 11.7 Å². The standard InChI is InChI=1S/C32H32N2O3/c35-30-17-15-29(16-18-30)34(28-13-9-25(10-14-28)24-6-2-1-3-7-24)32(36)26-11-19-31(20-12-26)37-23-21-27-8-4-5-22-33-27/h1-3,6-7,9-20,27,33,35H,4-5,8,21-23H2. The van der Waals surface area contributed by atoms with Crippen LogP contribution in [0.1, 0.15) is 36.0 Å². The Hall–Kier alpha value is -4.09. The minimum absolute atomic E-state index is 0.153. The van der Waals surface area contributed by atoms with Crippen LogP contribution in [0.5, 0.6) is 11.5 Å². The van der Waals surface area contributed by atoms with Gasteiger partial charge in [0.05, 0.1) is 6.61 Å². The van der Waals surface area contributed by atoms with Crippen LogP contribution in [-0.4, -0.2) is 30.2 Å². The quantitative estimate of drug-likeness (QED) is 0.279. The minimum atomic E-state index is -0.156. The molecule has 1 amide bonds.